The molecule has 0 atom stereocenters. The molecule has 0 unspecified atom stereocenters. The fourth-order valence-corrected chi connectivity index (χ4v) is 7.20. The molecule has 7 aromatic rings. The standard InChI is InChI=1S/C24H15FNS.C15H18NSi.Ir/c1-15-14-26-22(13-21(15)16-6-3-2-4-7-16)20-9-5-8-19-18-11-10-17(25)12-23(18)27-24(19)20;1-12-5-7-13(8-6-12)15-10-9-14(11-16-15)17(2,3)4;/h2-8,10-14H,1H3;5-7,9-11H,1-4H3;/q2*-1;/i2*1D3;. The molecular weight excluding hydrogens is 768 g/mol. The Morgan fingerprint density at radius 3 is 2.31 bits per heavy atom. The van der Waals surface area contributed by atoms with E-state index in [0.717, 1.165) is 42.6 Å². The number of fused-ring (bicyclic) bond motifs is 3. The summed E-state index contributed by atoms with van der Waals surface area (Å²) in [7, 11) is -1.34. The number of hydrogen-bond donors (Lipinski definition) is 0. The molecule has 0 amide bonds. The average molecular weight is 807 g/mol. The molecule has 3 heterocycles. The van der Waals surface area contributed by atoms with Crippen LogP contribution in [0.25, 0.3) is 53.8 Å². The molecule has 0 aliphatic carbocycles. The fraction of sp³-hybridized carbons (Fsp3) is 0.128. The van der Waals surface area contributed by atoms with Crippen molar-refractivity contribution in [2.24, 2.45) is 0 Å². The van der Waals surface area contributed by atoms with Crippen LogP contribution < -0.4 is 5.19 Å². The first kappa shape index (κ1) is 25.4. The molecule has 6 heteroatoms. The van der Waals surface area contributed by atoms with Crippen molar-refractivity contribution in [1.29, 1.82) is 0 Å². The van der Waals surface area contributed by atoms with Crippen molar-refractivity contribution in [1.82, 2.24) is 9.97 Å². The predicted octanol–water partition coefficient (Wildman–Crippen LogP) is 10.4. The SMILES string of the molecule is [2H]C([2H])([2H])c1c[c-]c(-c2ccc([Si](C)(C)C)cn2)cc1.[2H]C([2H])([2H])c1cnc(-c2[c-]ccc3c2sc2cc(F)ccc23)cc1-c1ccccc1.[Ir]. The summed E-state index contributed by atoms with van der Waals surface area (Å²) in [5.74, 6) is -0.272. The van der Waals surface area contributed by atoms with Gasteiger partial charge in [0.2, 0.25) is 0 Å². The number of hydrogen-bond acceptors (Lipinski definition) is 3. The van der Waals surface area contributed by atoms with Crippen LogP contribution in [0.5, 0.6) is 0 Å². The zero-order valence-corrected chi connectivity index (χ0v) is 29.1. The van der Waals surface area contributed by atoms with Gasteiger partial charge < -0.3 is 9.97 Å². The van der Waals surface area contributed by atoms with E-state index in [1.807, 2.05) is 60.8 Å². The predicted molar refractivity (Wildman–Crippen MR) is 188 cm³/mol. The monoisotopic (exact) mass is 807 g/mol. The minimum Gasteiger partial charge on any atom is -0.305 e. The van der Waals surface area contributed by atoms with E-state index in [1.165, 1.54) is 40.9 Å². The molecule has 3 aromatic heterocycles. The summed E-state index contributed by atoms with van der Waals surface area (Å²) in [5, 5.41) is 3.29. The van der Waals surface area contributed by atoms with E-state index in [-0.39, 0.29) is 31.5 Å². The number of aryl methyl sites for hydroxylation is 2. The maximum Gasteiger partial charge on any atom is 0.124 e. The summed E-state index contributed by atoms with van der Waals surface area (Å²) in [6, 6.07) is 35.1. The average Bonchev–Trinajstić information content (AvgIpc) is 3.45. The van der Waals surface area contributed by atoms with Crippen molar-refractivity contribution in [2.75, 3.05) is 0 Å². The Morgan fingerprint density at radius 1 is 0.800 bits per heavy atom. The van der Waals surface area contributed by atoms with Crippen LogP contribution >= 0.6 is 11.3 Å². The van der Waals surface area contributed by atoms with Crippen molar-refractivity contribution in [3.63, 3.8) is 0 Å². The van der Waals surface area contributed by atoms with Crippen LogP contribution in [0, 0.1) is 31.7 Å². The molecular formula is C39H33FIrN2SSi-2. The maximum absolute atomic E-state index is 13.7. The third-order valence-electron chi connectivity index (χ3n) is 7.36. The third-order valence-corrected chi connectivity index (χ3v) is 10.6. The van der Waals surface area contributed by atoms with Gasteiger partial charge in [0.25, 0.3) is 0 Å². The van der Waals surface area contributed by atoms with Crippen LogP contribution in [0.15, 0.2) is 109 Å². The third kappa shape index (κ3) is 7.21. The molecule has 0 saturated carbocycles. The van der Waals surface area contributed by atoms with Crippen molar-refractivity contribution >= 4 is 44.8 Å². The van der Waals surface area contributed by atoms with E-state index >= 15 is 0 Å². The van der Waals surface area contributed by atoms with Gasteiger partial charge in [-0.1, -0.05) is 86.5 Å². The Hall–Kier alpha value is -3.80. The summed E-state index contributed by atoms with van der Waals surface area (Å²) >= 11 is 1.49. The van der Waals surface area contributed by atoms with Crippen LogP contribution in [-0.2, 0) is 20.1 Å². The fourth-order valence-electron chi connectivity index (χ4n) is 4.94. The molecule has 227 valence electrons. The van der Waals surface area contributed by atoms with Crippen molar-refractivity contribution < 1.29 is 32.7 Å². The van der Waals surface area contributed by atoms with Gasteiger partial charge in [-0.25, -0.2) is 4.39 Å². The Balaban J connectivity index is 0.000000211. The van der Waals surface area contributed by atoms with Crippen molar-refractivity contribution in [3.05, 3.63) is 139 Å². The van der Waals surface area contributed by atoms with Crippen LogP contribution in [0.2, 0.25) is 19.6 Å². The Labute approximate surface area is 291 Å². The minimum atomic E-state index is -2.28. The normalized spacial score (nSPS) is 13.7. The first-order chi connectivity index (χ1) is 23.6. The number of benzene rings is 4. The molecule has 1 radical (unpaired) electrons. The van der Waals surface area contributed by atoms with E-state index in [0.29, 0.717) is 16.8 Å². The van der Waals surface area contributed by atoms with E-state index in [1.54, 1.807) is 18.2 Å². The van der Waals surface area contributed by atoms with E-state index in [4.69, 9.17) is 8.22 Å². The smallest absolute Gasteiger partial charge is 0.124 e. The van der Waals surface area contributed by atoms with E-state index in [2.05, 4.69) is 47.8 Å². The van der Waals surface area contributed by atoms with Crippen LogP contribution in [0.4, 0.5) is 4.39 Å². The quantitative estimate of drug-likeness (QED) is 0.131. The second-order valence-corrected chi connectivity index (χ2v) is 17.6. The molecule has 0 saturated heterocycles. The van der Waals surface area contributed by atoms with Crippen molar-refractivity contribution in [3.8, 4) is 33.6 Å². The van der Waals surface area contributed by atoms with E-state index in [9.17, 15) is 4.39 Å². The number of rotatable bonds is 4. The van der Waals surface area contributed by atoms with Gasteiger partial charge in [-0.3, -0.25) is 0 Å². The van der Waals surface area contributed by atoms with Gasteiger partial charge in [0, 0.05) is 45.4 Å². The number of nitrogens with zero attached hydrogens (tertiary/aromatic N) is 2. The van der Waals surface area contributed by atoms with Crippen LogP contribution in [-0.4, -0.2) is 18.0 Å². The minimum absolute atomic E-state index is 0. The molecule has 0 N–H and O–H groups in total. The largest absolute Gasteiger partial charge is 0.305 e. The first-order valence-electron chi connectivity index (χ1n) is 17.2. The van der Waals surface area contributed by atoms with Gasteiger partial charge in [0.15, 0.2) is 0 Å². The number of aromatic nitrogens is 2. The van der Waals surface area contributed by atoms with E-state index < -0.39 is 21.8 Å². The summed E-state index contributed by atoms with van der Waals surface area (Å²) < 4.78 is 61.3. The Morgan fingerprint density at radius 2 is 1.62 bits per heavy atom. The molecule has 45 heavy (non-hydrogen) atoms. The molecule has 0 aliphatic heterocycles. The molecule has 2 nitrogen and oxygen atoms in total. The number of halogens is 1. The van der Waals surface area contributed by atoms with Gasteiger partial charge in [-0.15, -0.1) is 59.2 Å². The number of thiophene rings is 1. The summed E-state index contributed by atoms with van der Waals surface area (Å²) in [6.45, 7) is 2.48. The second kappa shape index (κ2) is 13.7. The first-order valence-corrected chi connectivity index (χ1v) is 18.5. The molecule has 0 spiro atoms. The number of pyridine rings is 2. The summed E-state index contributed by atoms with van der Waals surface area (Å²) in [6.07, 6.45) is 3.36. The Kier molecular flexibility index (Phi) is 7.72. The van der Waals surface area contributed by atoms with Crippen molar-refractivity contribution in [2.45, 2.75) is 33.3 Å². The summed E-state index contributed by atoms with van der Waals surface area (Å²) in [5.41, 5.74) is 5.02. The molecule has 4 aromatic carbocycles. The topological polar surface area (TPSA) is 25.8 Å². The molecule has 0 bridgehead atoms. The summed E-state index contributed by atoms with van der Waals surface area (Å²) in [4.78, 5) is 8.95. The van der Waals surface area contributed by atoms with Crippen LogP contribution in [0.1, 0.15) is 19.4 Å². The van der Waals surface area contributed by atoms with Gasteiger partial charge in [0.05, 0.1) is 8.07 Å². The Bertz CT molecular complexity index is 2230. The maximum atomic E-state index is 13.7. The molecule has 7 rings (SSSR count). The van der Waals surface area contributed by atoms with Crippen LogP contribution in [0.3, 0.4) is 0 Å². The second-order valence-electron chi connectivity index (χ2n) is 11.5. The zero-order valence-electron chi connectivity index (χ0n) is 30.9. The van der Waals surface area contributed by atoms with Gasteiger partial charge in [0.1, 0.15) is 5.82 Å². The zero-order chi connectivity index (χ0) is 35.8. The van der Waals surface area contributed by atoms with Gasteiger partial charge >= 0.3 is 0 Å². The van der Waals surface area contributed by atoms with Gasteiger partial charge in [-0.05, 0) is 62.3 Å². The van der Waals surface area contributed by atoms with Gasteiger partial charge in [-0.2, -0.15) is 11.3 Å². The molecule has 0 fully saturated rings. The molecule has 0 aliphatic rings.